The molecule has 0 aliphatic rings. The average Bonchev–Trinajstić information content (AvgIpc) is 2.38. The van der Waals surface area contributed by atoms with Crippen LogP contribution in [0.5, 0.6) is 0 Å². The number of aliphatic carboxylic acids is 1. The van der Waals surface area contributed by atoms with Crippen molar-refractivity contribution in [1.29, 1.82) is 0 Å². The van der Waals surface area contributed by atoms with E-state index in [4.69, 9.17) is 5.11 Å². The molecule has 0 saturated carbocycles. The molecule has 0 saturated heterocycles. The first-order valence-corrected chi connectivity index (χ1v) is 6.53. The first kappa shape index (κ1) is 13.4. The van der Waals surface area contributed by atoms with E-state index in [-0.39, 0.29) is 5.56 Å². The van der Waals surface area contributed by atoms with Crippen LogP contribution in [0.25, 0.3) is 10.8 Å². The molecule has 0 unspecified atom stereocenters. The molecule has 4 nitrogen and oxygen atoms in total. The van der Waals surface area contributed by atoms with Gasteiger partial charge in [0.2, 0.25) is 0 Å². The molecule has 1 atom stereocenters. The molecule has 0 amide bonds. The third kappa shape index (κ3) is 2.71. The highest BCUT2D eigenvalue weighted by molar-refractivity contribution is 8.00. The third-order valence-electron chi connectivity index (χ3n) is 2.75. The van der Waals surface area contributed by atoms with Gasteiger partial charge in [-0.3, -0.25) is 4.79 Å². The van der Waals surface area contributed by atoms with Crippen LogP contribution in [0.2, 0.25) is 0 Å². The summed E-state index contributed by atoms with van der Waals surface area (Å²) in [7, 11) is 0. The van der Waals surface area contributed by atoms with Crippen molar-refractivity contribution in [1.82, 2.24) is 0 Å². The van der Waals surface area contributed by atoms with E-state index < -0.39 is 17.2 Å². The number of fused-ring (bicyclic) bond motifs is 1. The first-order valence-electron chi connectivity index (χ1n) is 5.65. The summed E-state index contributed by atoms with van der Waals surface area (Å²) in [4.78, 5) is 22.9. The van der Waals surface area contributed by atoms with Gasteiger partial charge in [-0.15, -0.1) is 11.8 Å². The van der Waals surface area contributed by atoms with Crippen molar-refractivity contribution in [2.45, 2.75) is 17.1 Å². The van der Waals surface area contributed by atoms with Crippen LogP contribution in [0, 0.1) is 0 Å². The second kappa shape index (κ2) is 5.32. The normalized spacial score (nSPS) is 12.3. The first-order chi connectivity index (χ1) is 9.00. The van der Waals surface area contributed by atoms with E-state index in [0.29, 0.717) is 10.3 Å². The van der Waals surface area contributed by atoms with Gasteiger partial charge in [-0.2, -0.15) is 0 Å². The number of hydrogen-bond acceptors (Lipinski definition) is 3. The summed E-state index contributed by atoms with van der Waals surface area (Å²) in [5.41, 5.74) is 0.193. The Balaban J connectivity index is 2.61. The van der Waals surface area contributed by atoms with Gasteiger partial charge in [0.1, 0.15) is 5.25 Å². The Morgan fingerprint density at radius 3 is 2.32 bits per heavy atom. The fourth-order valence-electron chi connectivity index (χ4n) is 1.82. The van der Waals surface area contributed by atoms with Crippen molar-refractivity contribution in [3.8, 4) is 0 Å². The zero-order valence-electron chi connectivity index (χ0n) is 10.2. The lowest BCUT2D eigenvalue weighted by Gasteiger charge is -2.11. The van der Waals surface area contributed by atoms with Gasteiger partial charge in [0.15, 0.2) is 0 Å². The van der Waals surface area contributed by atoms with Gasteiger partial charge in [0, 0.05) is 10.3 Å². The van der Waals surface area contributed by atoms with Crippen molar-refractivity contribution in [3.63, 3.8) is 0 Å². The smallest absolute Gasteiger partial charge is 0.336 e. The molecule has 0 bridgehead atoms. The lowest BCUT2D eigenvalue weighted by Crippen LogP contribution is -2.11. The molecule has 0 fully saturated rings. The Morgan fingerprint density at radius 1 is 1.11 bits per heavy atom. The van der Waals surface area contributed by atoms with Crippen molar-refractivity contribution >= 4 is 34.5 Å². The van der Waals surface area contributed by atoms with Crippen molar-refractivity contribution < 1.29 is 19.8 Å². The van der Waals surface area contributed by atoms with Crippen LogP contribution in [0.15, 0.2) is 41.3 Å². The maximum absolute atomic E-state index is 11.3. The summed E-state index contributed by atoms with van der Waals surface area (Å²) in [6.45, 7) is 1.58. The van der Waals surface area contributed by atoms with Crippen LogP contribution in [0.1, 0.15) is 17.3 Å². The molecule has 2 aromatic rings. The summed E-state index contributed by atoms with van der Waals surface area (Å²) in [6, 6.07) is 10.4. The van der Waals surface area contributed by atoms with Gasteiger partial charge in [0.25, 0.3) is 0 Å². The van der Waals surface area contributed by atoms with Crippen molar-refractivity contribution in [2.24, 2.45) is 0 Å². The van der Waals surface area contributed by atoms with Gasteiger partial charge in [0.05, 0.1) is 5.56 Å². The highest BCUT2D eigenvalue weighted by atomic mass is 32.2. The van der Waals surface area contributed by atoms with Crippen LogP contribution < -0.4 is 0 Å². The van der Waals surface area contributed by atoms with Crippen LogP contribution in [0.4, 0.5) is 0 Å². The molecule has 0 radical (unpaired) electrons. The van der Waals surface area contributed by atoms with E-state index in [1.54, 1.807) is 25.1 Å². The highest BCUT2D eigenvalue weighted by Gasteiger charge is 2.17. The SMILES string of the molecule is C[C@H](Sc1cccc2cccc(C(=O)O)c12)C(=O)O. The highest BCUT2D eigenvalue weighted by Crippen LogP contribution is 2.33. The van der Waals surface area contributed by atoms with Gasteiger partial charge < -0.3 is 10.2 Å². The molecule has 0 spiro atoms. The number of carbonyl (C=O) groups is 2. The number of carboxylic acids is 2. The quantitative estimate of drug-likeness (QED) is 0.839. The maximum atomic E-state index is 11.3. The topological polar surface area (TPSA) is 74.6 Å². The van der Waals surface area contributed by atoms with E-state index >= 15 is 0 Å². The summed E-state index contributed by atoms with van der Waals surface area (Å²) >= 11 is 1.15. The largest absolute Gasteiger partial charge is 0.480 e. The van der Waals surface area contributed by atoms with Crippen LogP contribution in [-0.2, 0) is 4.79 Å². The van der Waals surface area contributed by atoms with E-state index in [0.717, 1.165) is 17.1 Å². The molecule has 2 rings (SSSR count). The van der Waals surface area contributed by atoms with Crippen LogP contribution in [-0.4, -0.2) is 27.4 Å². The van der Waals surface area contributed by atoms with Crippen LogP contribution >= 0.6 is 11.8 Å². The van der Waals surface area contributed by atoms with Gasteiger partial charge in [-0.1, -0.05) is 24.3 Å². The minimum Gasteiger partial charge on any atom is -0.480 e. The summed E-state index contributed by atoms with van der Waals surface area (Å²) < 4.78 is 0. The summed E-state index contributed by atoms with van der Waals surface area (Å²) in [6.07, 6.45) is 0. The second-order valence-electron chi connectivity index (χ2n) is 4.06. The summed E-state index contributed by atoms with van der Waals surface area (Å²) in [5, 5.41) is 18.9. The van der Waals surface area contributed by atoms with Gasteiger partial charge in [-0.05, 0) is 24.4 Å². The minimum atomic E-state index is -1.01. The Labute approximate surface area is 114 Å². The van der Waals surface area contributed by atoms with Crippen LogP contribution in [0.3, 0.4) is 0 Å². The molecular formula is C14H12O4S. The Kier molecular flexibility index (Phi) is 3.76. The number of aromatic carboxylic acids is 1. The predicted octanol–water partition coefficient (Wildman–Crippen LogP) is 3.10. The van der Waals surface area contributed by atoms with E-state index in [2.05, 4.69) is 0 Å². The number of hydrogen-bond donors (Lipinski definition) is 2. The Hall–Kier alpha value is -2.01. The zero-order valence-corrected chi connectivity index (χ0v) is 11.0. The predicted molar refractivity (Wildman–Crippen MR) is 73.9 cm³/mol. The van der Waals surface area contributed by atoms with Gasteiger partial charge >= 0.3 is 11.9 Å². The monoisotopic (exact) mass is 276 g/mol. The number of rotatable bonds is 4. The molecule has 0 aromatic heterocycles. The zero-order chi connectivity index (χ0) is 14.0. The second-order valence-corrected chi connectivity index (χ2v) is 5.45. The Morgan fingerprint density at radius 2 is 1.74 bits per heavy atom. The van der Waals surface area contributed by atoms with Crippen molar-refractivity contribution in [3.05, 3.63) is 42.0 Å². The molecule has 5 heteroatoms. The van der Waals surface area contributed by atoms with E-state index in [9.17, 15) is 14.7 Å². The Bertz CT molecular complexity index is 646. The fraction of sp³-hybridized carbons (Fsp3) is 0.143. The minimum absolute atomic E-state index is 0.193. The molecule has 2 N–H and O–H groups in total. The molecule has 0 aliphatic heterocycles. The number of benzene rings is 2. The molecule has 19 heavy (non-hydrogen) atoms. The lowest BCUT2D eigenvalue weighted by molar-refractivity contribution is -0.136. The molecule has 0 heterocycles. The number of carboxylic acid groups (broad SMARTS) is 2. The average molecular weight is 276 g/mol. The lowest BCUT2D eigenvalue weighted by atomic mass is 10.0. The maximum Gasteiger partial charge on any atom is 0.336 e. The molecule has 0 aliphatic carbocycles. The van der Waals surface area contributed by atoms with Crippen molar-refractivity contribution in [2.75, 3.05) is 0 Å². The van der Waals surface area contributed by atoms with E-state index in [1.807, 2.05) is 12.1 Å². The summed E-state index contributed by atoms with van der Waals surface area (Å²) in [5.74, 6) is -1.93. The van der Waals surface area contributed by atoms with E-state index in [1.165, 1.54) is 6.07 Å². The fourth-order valence-corrected chi connectivity index (χ4v) is 2.81. The van der Waals surface area contributed by atoms with Gasteiger partial charge in [-0.25, -0.2) is 4.79 Å². The molecular weight excluding hydrogens is 264 g/mol. The molecule has 98 valence electrons. The third-order valence-corrected chi connectivity index (χ3v) is 3.90. The molecule has 2 aromatic carbocycles. The number of thioether (sulfide) groups is 1. The standard InChI is InChI=1S/C14H12O4S/c1-8(13(15)16)19-11-7-3-5-9-4-2-6-10(12(9)11)14(17)18/h2-8H,1H3,(H,15,16)(H,17,18)/t8-/m0/s1.